The summed E-state index contributed by atoms with van der Waals surface area (Å²) in [5, 5.41) is 0.115. The van der Waals surface area contributed by atoms with E-state index < -0.39 is 5.82 Å². The van der Waals surface area contributed by atoms with Crippen LogP contribution in [0, 0.1) is 11.7 Å². The molecule has 1 unspecified atom stereocenters. The molecule has 0 heterocycles. The number of benzene rings is 1. The summed E-state index contributed by atoms with van der Waals surface area (Å²) < 4.78 is 13.5. The van der Waals surface area contributed by atoms with E-state index in [9.17, 15) is 9.18 Å². The summed E-state index contributed by atoms with van der Waals surface area (Å²) in [5.41, 5.74) is 2.58. The highest BCUT2D eigenvalue weighted by atomic mass is 35.5. The molecule has 1 fully saturated rings. The molecule has 1 saturated carbocycles. The second-order valence-corrected chi connectivity index (χ2v) is 5.51. The van der Waals surface area contributed by atoms with Gasteiger partial charge in [0.05, 0.1) is 5.02 Å². The Bertz CT molecular complexity index is 558. The van der Waals surface area contributed by atoms with Crippen LogP contribution in [0.4, 0.5) is 4.39 Å². The molecular formula is C15H14ClFO. The standard InChI is InChI=1S/C15H14ClFO/c1-2-8-5-14(18)10-7-13(17)12(16)6-11(10)15(8)9-3-4-9/h5-7,9,15H,2-4H2,1H3. The summed E-state index contributed by atoms with van der Waals surface area (Å²) in [6, 6.07) is 2.94. The Balaban J connectivity index is 2.17. The van der Waals surface area contributed by atoms with Crippen LogP contribution in [0.3, 0.4) is 0 Å². The van der Waals surface area contributed by atoms with Gasteiger partial charge < -0.3 is 0 Å². The predicted octanol–water partition coefficient (Wildman–Crippen LogP) is 4.51. The molecule has 0 amide bonds. The van der Waals surface area contributed by atoms with Gasteiger partial charge in [0.25, 0.3) is 0 Å². The first-order valence-corrected chi connectivity index (χ1v) is 6.73. The number of carbonyl (C=O) groups is 1. The van der Waals surface area contributed by atoms with E-state index in [2.05, 4.69) is 6.92 Å². The number of hydrogen-bond acceptors (Lipinski definition) is 1. The number of allylic oxidation sites excluding steroid dienone is 2. The molecule has 2 aliphatic rings. The van der Waals surface area contributed by atoms with Crippen LogP contribution >= 0.6 is 11.6 Å². The molecule has 0 spiro atoms. The lowest BCUT2D eigenvalue weighted by Crippen LogP contribution is -2.17. The Morgan fingerprint density at radius 1 is 1.39 bits per heavy atom. The zero-order valence-electron chi connectivity index (χ0n) is 10.2. The summed E-state index contributed by atoms with van der Waals surface area (Å²) in [5.74, 6) is 0.270. The lowest BCUT2D eigenvalue weighted by atomic mass is 9.77. The van der Waals surface area contributed by atoms with Crippen LogP contribution in [0.2, 0.25) is 5.02 Å². The second kappa shape index (κ2) is 4.20. The average Bonchev–Trinajstić information content (AvgIpc) is 3.15. The molecule has 18 heavy (non-hydrogen) atoms. The number of ketones is 1. The van der Waals surface area contributed by atoms with Crippen molar-refractivity contribution in [3.63, 3.8) is 0 Å². The van der Waals surface area contributed by atoms with Crippen LogP contribution in [0.25, 0.3) is 0 Å². The van der Waals surface area contributed by atoms with Crippen molar-refractivity contribution in [2.24, 2.45) is 5.92 Å². The first-order valence-electron chi connectivity index (χ1n) is 6.35. The van der Waals surface area contributed by atoms with Crippen LogP contribution in [0.15, 0.2) is 23.8 Å². The van der Waals surface area contributed by atoms with E-state index in [-0.39, 0.29) is 16.7 Å². The van der Waals surface area contributed by atoms with Crippen LogP contribution in [-0.2, 0) is 0 Å². The van der Waals surface area contributed by atoms with Crippen molar-refractivity contribution >= 4 is 17.4 Å². The van der Waals surface area contributed by atoms with E-state index in [1.54, 1.807) is 12.1 Å². The number of hydrogen-bond donors (Lipinski definition) is 0. The van der Waals surface area contributed by atoms with Crippen molar-refractivity contribution < 1.29 is 9.18 Å². The van der Waals surface area contributed by atoms with Crippen molar-refractivity contribution in [3.05, 3.63) is 45.7 Å². The fourth-order valence-corrected chi connectivity index (χ4v) is 3.05. The minimum absolute atomic E-state index is 0.0886. The Morgan fingerprint density at radius 3 is 2.72 bits per heavy atom. The highest BCUT2D eigenvalue weighted by Crippen LogP contribution is 2.50. The fraction of sp³-hybridized carbons (Fsp3) is 0.400. The van der Waals surface area contributed by atoms with Gasteiger partial charge in [-0.25, -0.2) is 4.39 Å². The number of halogens is 2. The zero-order valence-corrected chi connectivity index (χ0v) is 10.9. The maximum Gasteiger partial charge on any atom is 0.186 e. The van der Waals surface area contributed by atoms with Crippen molar-refractivity contribution in [3.8, 4) is 0 Å². The van der Waals surface area contributed by atoms with E-state index in [1.165, 1.54) is 18.9 Å². The number of fused-ring (bicyclic) bond motifs is 1. The first kappa shape index (κ1) is 11.9. The van der Waals surface area contributed by atoms with Crippen molar-refractivity contribution in [2.45, 2.75) is 32.1 Å². The highest BCUT2D eigenvalue weighted by Gasteiger charge is 2.38. The van der Waals surface area contributed by atoms with Gasteiger partial charge in [0.15, 0.2) is 5.78 Å². The molecule has 1 aromatic rings. The molecule has 0 bridgehead atoms. The fourth-order valence-electron chi connectivity index (χ4n) is 2.88. The molecule has 3 heteroatoms. The third-order valence-electron chi connectivity index (χ3n) is 3.91. The average molecular weight is 265 g/mol. The molecule has 0 aliphatic heterocycles. The molecule has 0 saturated heterocycles. The number of carbonyl (C=O) groups excluding carboxylic acids is 1. The van der Waals surface area contributed by atoms with Crippen LogP contribution in [0.1, 0.15) is 48.0 Å². The van der Waals surface area contributed by atoms with Gasteiger partial charge in [0.2, 0.25) is 0 Å². The lowest BCUT2D eigenvalue weighted by molar-refractivity contribution is 0.104. The third-order valence-corrected chi connectivity index (χ3v) is 4.20. The van der Waals surface area contributed by atoms with Gasteiger partial charge in [-0.05, 0) is 49.0 Å². The minimum atomic E-state index is -0.508. The minimum Gasteiger partial charge on any atom is -0.289 e. The third kappa shape index (κ3) is 1.79. The van der Waals surface area contributed by atoms with E-state index in [0.29, 0.717) is 11.5 Å². The van der Waals surface area contributed by atoms with Gasteiger partial charge >= 0.3 is 0 Å². The Labute approximate surface area is 111 Å². The van der Waals surface area contributed by atoms with Gasteiger partial charge in [-0.3, -0.25) is 4.79 Å². The Kier molecular flexibility index (Phi) is 2.78. The van der Waals surface area contributed by atoms with Gasteiger partial charge in [0.1, 0.15) is 5.82 Å². The smallest absolute Gasteiger partial charge is 0.186 e. The maximum atomic E-state index is 13.5. The summed E-state index contributed by atoms with van der Waals surface area (Å²) in [6.07, 6.45) is 4.93. The molecule has 94 valence electrons. The van der Waals surface area contributed by atoms with Gasteiger partial charge in [-0.15, -0.1) is 0 Å². The first-order chi connectivity index (χ1) is 8.61. The Hall–Kier alpha value is -1.15. The molecule has 3 rings (SSSR count). The molecular weight excluding hydrogens is 251 g/mol. The molecule has 1 atom stereocenters. The maximum absolute atomic E-state index is 13.5. The normalized spacial score (nSPS) is 22.7. The molecule has 0 radical (unpaired) electrons. The molecule has 2 aliphatic carbocycles. The van der Waals surface area contributed by atoms with E-state index >= 15 is 0 Å². The van der Waals surface area contributed by atoms with Crippen molar-refractivity contribution in [1.82, 2.24) is 0 Å². The Morgan fingerprint density at radius 2 is 2.11 bits per heavy atom. The van der Waals surface area contributed by atoms with Crippen LogP contribution < -0.4 is 0 Å². The number of rotatable bonds is 2. The monoisotopic (exact) mass is 264 g/mol. The van der Waals surface area contributed by atoms with Gasteiger partial charge in [-0.2, -0.15) is 0 Å². The summed E-state index contributed by atoms with van der Waals surface area (Å²) >= 11 is 5.87. The molecule has 0 N–H and O–H groups in total. The SMILES string of the molecule is CCC1=CC(=O)c2cc(F)c(Cl)cc2C1C1CC1. The largest absolute Gasteiger partial charge is 0.289 e. The van der Waals surface area contributed by atoms with Gasteiger partial charge in [-0.1, -0.05) is 24.1 Å². The topological polar surface area (TPSA) is 17.1 Å². The highest BCUT2D eigenvalue weighted by molar-refractivity contribution is 6.31. The second-order valence-electron chi connectivity index (χ2n) is 5.11. The van der Waals surface area contributed by atoms with Gasteiger partial charge in [0, 0.05) is 11.5 Å². The summed E-state index contributed by atoms with van der Waals surface area (Å²) in [6.45, 7) is 2.06. The molecule has 1 nitrogen and oxygen atoms in total. The van der Waals surface area contributed by atoms with Crippen LogP contribution in [0.5, 0.6) is 0 Å². The molecule has 1 aromatic carbocycles. The van der Waals surface area contributed by atoms with Crippen molar-refractivity contribution in [1.29, 1.82) is 0 Å². The summed E-state index contributed by atoms with van der Waals surface area (Å²) in [7, 11) is 0. The zero-order chi connectivity index (χ0) is 12.9. The predicted molar refractivity (Wildman–Crippen MR) is 69.6 cm³/mol. The van der Waals surface area contributed by atoms with Crippen molar-refractivity contribution in [2.75, 3.05) is 0 Å². The lowest BCUT2D eigenvalue weighted by Gasteiger charge is -2.26. The molecule has 0 aromatic heterocycles. The summed E-state index contributed by atoms with van der Waals surface area (Å²) in [4.78, 5) is 12.0. The van der Waals surface area contributed by atoms with Crippen LogP contribution in [-0.4, -0.2) is 5.78 Å². The van der Waals surface area contributed by atoms with E-state index in [0.717, 1.165) is 17.6 Å². The van der Waals surface area contributed by atoms with E-state index in [4.69, 9.17) is 11.6 Å². The quantitative estimate of drug-likeness (QED) is 0.768. The van der Waals surface area contributed by atoms with E-state index in [1.807, 2.05) is 0 Å².